The summed E-state index contributed by atoms with van der Waals surface area (Å²) in [5.74, 6) is -1.09. The van der Waals surface area contributed by atoms with E-state index in [0.29, 0.717) is 4.57 Å². The number of Topliss-reactive ketones (excluding diaryl/α,β-unsaturated/α-hetero) is 1. The van der Waals surface area contributed by atoms with Gasteiger partial charge in [-0.25, -0.2) is 13.8 Å². The maximum Gasteiger partial charge on any atom is 0.333 e. The van der Waals surface area contributed by atoms with Crippen LogP contribution in [-0.2, 0) is 0 Å². The van der Waals surface area contributed by atoms with Crippen molar-refractivity contribution in [1.82, 2.24) is 9.55 Å². The van der Waals surface area contributed by atoms with Gasteiger partial charge in [-0.15, -0.1) is 0 Å². The summed E-state index contributed by atoms with van der Waals surface area (Å²) in [6.45, 7) is 1.21. The van der Waals surface area contributed by atoms with Gasteiger partial charge in [0.05, 0.1) is 15.7 Å². The van der Waals surface area contributed by atoms with Crippen LogP contribution in [0.5, 0.6) is 0 Å². The van der Waals surface area contributed by atoms with Crippen LogP contribution in [0.4, 0.5) is 4.39 Å². The zero-order valence-corrected chi connectivity index (χ0v) is 11.3. The molecule has 0 unspecified atom stereocenters. The molecule has 0 aliphatic heterocycles. The van der Waals surface area contributed by atoms with Crippen molar-refractivity contribution in [3.8, 4) is 5.69 Å². The van der Waals surface area contributed by atoms with E-state index >= 15 is 0 Å². The third kappa shape index (κ3) is 2.41. The SMILES string of the molecule is CC(=O)c1c[nH]c(=O)n(-c2ccc(Br)c(F)c2)c1=O. The highest BCUT2D eigenvalue weighted by molar-refractivity contribution is 9.10. The Morgan fingerprint density at radius 2 is 2.05 bits per heavy atom. The molecule has 1 heterocycles. The summed E-state index contributed by atoms with van der Waals surface area (Å²) < 4.78 is 14.4. The molecule has 0 saturated carbocycles. The van der Waals surface area contributed by atoms with Crippen molar-refractivity contribution in [3.05, 3.63) is 61.1 Å². The molecule has 0 amide bonds. The normalized spacial score (nSPS) is 10.5. The largest absolute Gasteiger partial charge is 0.333 e. The van der Waals surface area contributed by atoms with Crippen LogP contribution in [-0.4, -0.2) is 15.3 Å². The number of aromatic amines is 1. The molecule has 1 N–H and O–H groups in total. The van der Waals surface area contributed by atoms with E-state index in [-0.39, 0.29) is 15.7 Å². The molecule has 7 heteroatoms. The molecule has 0 atom stereocenters. The Kier molecular flexibility index (Phi) is 3.48. The second-order valence-corrected chi connectivity index (χ2v) is 4.66. The summed E-state index contributed by atoms with van der Waals surface area (Å²) in [5.41, 5.74) is -1.63. The topological polar surface area (TPSA) is 71.9 Å². The van der Waals surface area contributed by atoms with Gasteiger partial charge in [0.15, 0.2) is 5.78 Å². The molecule has 5 nitrogen and oxygen atoms in total. The number of ketones is 1. The van der Waals surface area contributed by atoms with Crippen LogP contribution in [0.2, 0.25) is 0 Å². The van der Waals surface area contributed by atoms with Crippen molar-refractivity contribution in [3.63, 3.8) is 0 Å². The average Bonchev–Trinajstić information content (AvgIpc) is 2.33. The Morgan fingerprint density at radius 3 is 2.63 bits per heavy atom. The molecule has 0 saturated heterocycles. The minimum Gasteiger partial charge on any atom is -0.313 e. The van der Waals surface area contributed by atoms with Gasteiger partial charge in [-0.1, -0.05) is 0 Å². The van der Waals surface area contributed by atoms with Crippen LogP contribution in [0.15, 0.2) is 38.5 Å². The molecule has 0 bridgehead atoms. The first-order valence-electron chi connectivity index (χ1n) is 5.23. The van der Waals surface area contributed by atoms with E-state index in [0.717, 1.165) is 12.3 Å². The van der Waals surface area contributed by atoms with Gasteiger partial charge in [0.1, 0.15) is 5.82 Å². The highest BCUT2D eigenvalue weighted by Crippen LogP contribution is 2.17. The molecule has 19 heavy (non-hydrogen) atoms. The molecule has 98 valence electrons. The molecule has 0 aliphatic carbocycles. The van der Waals surface area contributed by atoms with E-state index in [1.807, 2.05) is 0 Å². The summed E-state index contributed by atoms with van der Waals surface area (Å²) in [6, 6.07) is 3.80. The van der Waals surface area contributed by atoms with Crippen molar-refractivity contribution in [2.75, 3.05) is 0 Å². The molecule has 1 aromatic heterocycles. The fourth-order valence-corrected chi connectivity index (χ4v) is 1.83. The van der Waals surface area contributed by atoms with Crippen LogP contribution in [0.1, 0.15) is 17.3 Å². The first-order valence-corrected chi connectivity index (χ1v) is 6.02. The lowest BCUT2D eigenvalue weighted by molar-refractivity contribution is 0.101. The number of halogens is 2. The number of nitrogens with zero attached hydrogens (tertiary/aromatic N) is 1. The Bertz CT molecular complexity index is 779. The summed E-state index contributed by atoms with van der Waals surface area (Å²) in [4.78, 5) is 37.2. The Balaban J connectivity index is 2.78. The number of rotatable bonds is 2. The molecule has 0 fully saturated rings. The lowest BCUT2D eigenvalue weighted by Crippen LogP contribution is -2.36. The van der Waals surface area contributed by atoms with Crippen molar-refractivity contribution in [1.29, 1.82) is 0 Å². The Labute approximate surface area is 114 Å². The number of hydrogen-bond donors (Lipinski definition) is 1. The Morgan fingerprint density at radius 1 is 1.37 bits per heavy atom. The number of H-pyrrole nitrogens is 1. The lowest BCUT2D eigenvalue weighted by Gasteiger charge is -2.06. The van der Waals surface area contributed by atoms with Gasteiger partial charge >= 0.3 is 5.69 Å². The number of nitrogens with one attached hydrogen (secondary N) is 1. The zero-order chi connectivity index (χ0) is 14.2. The van der Waals surface area contributed by atoms with Gasteiger partial charge in [0, 0.05) is 6.20 Å². The number of benzene rings is 1. The van der Waals surface area contributed by atoms with Gasteiger partial charge in [-0.2, -0.15) is 0 Å². The summed E-state index contributed by atoms with van der Waals surface area (Å²) in [7, 11) is 0. The van der Waals surface area contributed by atoms with Gasteiger partial charge in [-0.05, 0) is 41.1 Å². The standard InChI is InChI=1S/C12H8BrFN2O3/c1-6(17)8-5-15-12(19)16(11(8)18)7-2-3-9(13)10(14)4-7/h2-5H,1H3,(H,15,19). The van der Waals surface area contributed by atoms with Crippen LogP contribution in [0.25, 0.3) is 5.69 Å². The van der Waals surface area contributed by atoms with Gasteiger partial charge < -0.3 is 4.98 Å². The molecule has 0 aliphatic rings. The fraction of sp³-hybridized carbons (Fsp3) is 0.0833. The zero-order valence-electron chi connectivity index (χ0n) is 9.74. The molecule has 1 aromatic carbocycles. The second kappa shape index (κ2) is 4.93. The van der Waals surface area contributed by atoms with Crippen molar-refractivity contribution >= 4 is 21.7 Å². The van der Waals surface area contributed by atoms with Gasteiger partial charge in [0.25, 0.3) is 5.56 Å². The van der Waals surface area contributed by atoms with Crippen LogP contribution in [0, 0.1) is 5.82 Å². The van der Waals surface area contributed by atoms with Gasteiger partial charge in [0.2, 0.25) is 0 Å². The molecule has 0 radical (unpaired) electrons. The monoisotopic (exact) mass is 326 g/mol. The van der Waals surface area contributed by atoms with E-state index in [4.69, 9.17) is 0 Å². The van der Waals surface area contributed by atoms with Gasteiger partial charge in [-0.3, -0.25) is 9.59 Å². The minimum atomic E-state index is -0.780. The van der Waals surface area contributed by atoms with E-state index in [9.17, 15) is 18.8 Å². The van der Waals surface area contributed by atoms with Crippen LogP contribution < -0.4 is 11.2 Å². The van der Waals surface area contributed by atoms with E-state index in [1.54, 1.807) is 0 Å². The highest BCUT2D eigenvalue weighted by atomic mass is 79.9. The molecule has 2 aromatic rings. The maximum absolute atomic E-state index is 13.4. The molecule has 0 spiro atoms. The summed E-state index contributed by atoms with van der Waals surface area (Å²) >= 11 is 2.97. The van der Waals surface area contributed by atoms with Crippen LogP contribution >= 0.6 is 15.9 Å². The van der Waals surface area contributed by atoms with Crippen molar-refractivity contribution < 1.29 is 9.18 Å². The third-order valence-corrected chi connectivity index (χ3v) is 3.16. The third-order valence-electron chi connectivity index (χ3n) is 2.52. The second-order valence-electron chi connectivity index (χ2n) is 3.80. The van der Waals surface area contributed by atoms with Crippen molar-refractivity contribution in [2.24, 2.45) is 0 Å². The predicted molar refractivity (Wildman–Crippen MR) is 70.3 cm³/mol. The predicted octanol–water partition coefficient (Wildman–Crippen LogP) is 1.63. The Hall–Kier alpha value is -2.02. The van der Waals surface area contributed by atoms with E-state index in [2.05, 4.69) is 20.9 Å². The summed E-state index contributed by atoms with van der Waals surface area (Å²) in [5, 5.41) is 0. The number of hydrogen-bond acceptors (Lipinski definition) is 3. The van der Waals surface area contributed by atoms with E-state index < -0.39 is 22.8 Å². The highest BCUT2D eigenvalue weighted by Gasteiger charge is 2.13. The summed E-state index contributed by atoms with van der Waals surface area (Å²) in [6.07, 6.45) is 1.05. The fourth-order valence-electron chi connectivity index (χ4n) is 1.58. The maximum atomic E-state index is 13.4. The first-order chi connectivity index (χ1) is 8.91. The molecule has 2 rings (SSSR count). The first kappa shape index (κ1) is 13.4. The minimum absolute atomic E-state index is 0.0510. The quantitative estimate of drug-likeness (QED) is 0.852. The molecular weight excluding hydrogens is 319 g/mol. The lowest BCUT2D eigenvalue weighted by atomic mass is 10.2. The molecular formula is C12H8BrFN2O3. The number of carbonyl (C=O) groups is 1. The number of aromatic nitrogens is 2. The number of carbonyl (C=O) groups excluding carboxylic acids is 1. The average molecular weight is 327 g/mol. The van der Waals surface area contributed by atoms with E-state index in [1.165, 1.54) is 19.1 Å². The van der Waals surface area contributed by atoms with Crippen LogP contribution in [0.3, 0.4) is 0 Å². The van der Waals surface area contributed by atoms with Crippen molar-refractivity contribution in [2.45, 2.75) is 6.92 Å². The smallest absolute Gasteiger partial charge is 0.313 e.